The molecule has 1 aromatic carbocycles. The highest BCUT2D eigenvalue weighted by molar-refractivity contribution is 9.10. The van der Waals surface area contributed by atoms with E-state index in [-0.39, 0.29) is 6.10 Å². The lowest BCUT2D eigenvalue weighted by molar-refractivity contribution is 0.0951. The molecule has 1 atom stereocenters. The summed E-state index contributed by atoms with van der Waals surface area (Å²) >= 11 is 5.31. The number of halogens is 1. The molecule has 0 spiro atoms. The second-order valence-electron chi connectivity index (χ2n) is 7.96. The normalized spacial score (nSPS) is 20.4. The van der Waals surface area contributed by atoms with Crippen LogP contribution in [0.2, 0.25) is 0 Å². The van der Waals surface area contributed by atoms with Crippen LogP contribution in [-0.2, 0) is 17.0 Å². The molecular weight excluding hydrogens is 452 g/mol. The Hall–Kier alpha value is -1.25. The first-order valence-corrected chi connectivity index (χ1v) is 12.2. The van der Waals surface area contributed by atoms with Crippen molar-refractivity contribution in [3.8, 4) is 5.75 Å². The minimum absolute atomic E-state index is 0.267. The summed E-state index contributed by atoms with van der Waals surface area (Å²) in [6, 6.07) is 6.21. The van der Waals surface area contributed by atoms with Crippen molar-refractivity contribution in [3.63, 3.8) is 0 Å². The van der Waals surface area contributed by atoms with Gasteiger partial charge in [0.1, 0.15) is 5.75 Å². The Kier molecular flexibility index (Phi) is 7.03. The molecule has 158 valence electrons. The van der Waals surface area contributed by atoms with Gasteiger partial charge in [-0.25, -0.2) is 0 Å². The summed E-state index contributed by atoms with van der Waals surface area (Å²) in [7, 11) is 1.69. The number of rotatable bonds is 7. The molecule has 0 amide bonds. The van der Waals surface area contributed by atoms with Crippen molar-refractivity contribution in [2.75, 3.05) is 31.7 Å². The minimum atomic E-state index is 0.267. The van der Waals surface area contributed by atoms with Crippen molar-refractivity contribution in [3.05, 3.63) is 28.2 Å². The van der Waals surface area contributed by atoms with Crippen LogP contribution < -0.4 is 9.64 Å². The third kappa shape index (κ3) is 5.09. The van der Waals surface area contributed by atoms with Gasteiger partial charge in [-0.3, -0.25) is 4.57 Å². The van der Waals surface area contributed by atoms with E-state index in [4.69, 9.17) is 9.47 Å². The van der Waals surface area contributed by atoms with Crippen molar-refractivity contribution in [1.29, 1.82) is 0 Å². The Balaban J connectivity index is 1.51. The quantitative estimate of drug-likeness (QED) is 0.532. The number of hydrogen-bond donors (Lipinski definition) is 0. The molecule has 1 aromatic heterocycles. The van der Waals surface area contributed by atoms with E-state index in [9.17, 15) is 0 Å². The lowest BCUT2D eigenvalue weighted by Crippen LogP contribution is -2.35. The number of nitrogens with zero attached hydrogens (tertiary/aromatic N) is 4. The molecule has 2 aromatic rings. The predicted molar refractivity (Wildman–Crippen MR) is 120 cm³/mol. The Morgan fingerprint density at radius 1 is 1.24 bits per heavy atom. The second-order valence-corrected chi connectivity index (χ2v) is 9.75. The van der Waals surface area contributed by atoms with Gasteiger partial charge < -0.3 is 14.4 Å². The highest BCUT2D eigenvalue weighted by atomic mass is 79.9. The maximum absolute atomic E-state index is 5.92. The molecule has 0 bridgehead atoms. The van der Waals surface area contributed by atoms with Gasteiger partial charge in [0.2, 0.25) is 5.95 Å². The van der Waals surface area contributed by atoms with Crippen LogP contribution in [0.25, 0.3) is 0 Å². The van der Waals surface area contributed by atoms with E-state index in [1.807, 2.05) is 6.07 Å². The molecule has 4 rings (SSSR count). The Morgan fingerprint density at radius 3 is 2.76 bits per heavy atom. The number of piperidine rings is 1. The van der Waals surface area contributed by atoms with Crippen LogP contribution >= 0.6 is 27.7 Å². The fraction of sp³-hybridized carbons (Fsp3) is 0.619. The van der Waals surface area contributed by atoms with Crippen molar-refractivity contribution < 1.29 is 9.47 Å². The Bertz CT molecular complexity index is 817. The monoisotopic (exact) mass is 480 g/mol. The molecule has 2 saturated heterocycles. The standard InChI is InChI=1S/C21H29BrN4O2S/c1-15-7-9-25(10-8-15)20-23-24-21(26(20)13-17-4-3-11-28-17)29-14-16-5-6-19(27-2)18(22)12-16/h5-6,12,15,17H,3-4,7-11,13-14H2,1-2H3. The summed E-state index contributed by atoms with van der Waals surface area (Å²) in [4.78, 5) is 2.40. The van der Waals surface area contributed by atoms with Gasteiger partial charge in [0, 0.05) is 25.4 Å². The SMILES string of the molecule is COc1ccc(CSc2nnc(N3CCC(C)CC3)n2CC2CCCO2)cc1Br. The number of methoxy groups -OCH3 is 1. The van der Waals surface area contributed by atoms with Gasteiger partial charge in [0.15, 0.2) is 5.16 Å². The molecular formula is C21H29BrN4O2S. The van der Waals surface area contributed by atoms with Gasteiger partial charge in [-0.15, -0.1) is 10.2 Å². The summed E-state index contributed by atoms with van der Waals surface area (Å²) in [6.07, 6.45) is 4.96. The zero-order valence-electron chi connectivity index (χ0n) is 17.1. The van der Waals surface area contributed by atoms with E-state index >= 15 is 0 Å². The van der Waals surface area contributed by atoms with Crippen molar-refractivity contribution in [2.45, 2.75) is 56.2 Å². The topological polar surface area (TPSA) is 52.4 Å². The van der Waals surface area contributed by atoms with E-state index in [2.05, 4.69) is 54.7 Å². The van der Waals surface area contributed by atoms with Crippen LogP contribution in [0.1, 0.15) is 38.2 Å². The number of aromatic nitrogens is 3. The highest BCUT2D eigenvalue weighted by Gasteiger charge is 2.26. The van der Waals surface area contributed by atoms with Gasteiger partial charge in [-0.1, -0.05) is 24.8 Å². The summed E-state index contributed by atoms with van der Waals surface area (Å²) in [5.74, 6) is 3.49. The van der Waals surface area contributed by atoms with E-state index in [1.54, 1.807) is 18.9 Å². The molecule has 2 fully saturated rings. The van der Waals surface area contributed by atoms with Gasteiger partial charge in [-0.2, -0.15) is 0 Å². The third-order valence-electron chi connectivity index (χ3n) is 5.76. The molecule has 29 heavy (non-hydrogen) atoms. The maximum atomic E-state index is 5.92. The first-order valence-electron chi connectivity index (χ1n) is 10.4. The minimum Gasteiger partial charge on any atom is -0.496 e. The molecule has 2 aliphatic rings. The van der Waals surface area contributed by atoms with E-state index in [0.717, 1.165) is 72.1 Å². The molecule has 1 unspecified atom stereocenters. The average Bonchev–Trinajstić information content (AvgIpc) is 3.38. The maximum Gasteiger partial charge on any atom is 0.228 e. The predicted octanol–water partition coefficient (Wildman–Crippen LogP) is 4.76. The molecule has 6 nitrogen and oxygen atoms in total. The number of benzene rings is 1. The second kappa shape index (κ2) is 9.71. The molecule has 0 saturated carbocycles. The van der Waals surface area contributed by atoms with Gasteiger partial charge in [0.05, 0.1) is 24.2 Å². The van der Waals surface area contributed by atoms with Gasteiger partial charge in [-0.05, 0) is 65.2 Å². The molecule has 0 N–H and O–H groups in total. The fourth-order valence-corrected chi connectivity index (χ4v) is 5.40. The number of thioether (sulfide) groups is 1. The van der Waals surface area contributed by atoms with Crippen LogP contribution in [-0.4, -0.2) is 47.7 Å². The molecule has 3 heterocycles. The van der Waals surface area contributed by atoms with Crippen LogP contribution in [0.3, 0.4) is 0 Å². The molecule has 2 aliphatic heterocycles. The van der Waals surface area contributed by atoms with Crippen LogP contribution in [0.4, 0.5) is 5.95 Å². The first-order chi connectivity index (χ1) is 14.1. The van der Waals surface area contributed by atoms with Gasteiger partial charge >= 0.3 is 0 Å². The highest BCUT2D eigenvalue weighted by Crippen LogP contribution is 2.31. The lowest BCUT2D eigenvalue weighted by atomic mass is 10.00. The van der Waals surface area contributed by atoms with Gasteiger partial charge in [0.25, 0.3) is 0 Å². The van der Waals surface area contributed by atoms with E-state index in [1.165, 1.54) is 18.4 Å². The average molecular weight is 481 g/mol. The summed E-state index contributed by atoms with van der Waals surface area (Å²) in [5, 5.41) is 10.1. The summed E-state index contributed by atoms with van der Waals surface area (Å²) in [5.41, 5.74) is 1.22. The smallest absolute Gasteiger partial charge is 0.228 e. The zero-order chi connectivity index (χ0) is 20.2. The number of ether oxygens (including phenoxy) is 2. The Morgan fingerprint density at radius 2 is 2.07 bits per heavy atom. The Labute approximate surface area is 185 Å². The van der Waals surface area contributed by atoms with Crippen LogP contribution in [0.15, 0.2) is 27.8 Å². The molecule has 8 heteroatoms. The van der Waals surface area contributed by atoms with Crippen molar-refractivity contribution >= 4 is 33.6 Å². The van der Waals surface area contributed by atoms with Crippen molar-refractivity contribution in [1.82, 2.24) is 14.8 Å². The third-order valence-corrected chi connectivity index (χ3v) is 7.42. The first kappa shape index (κ1) is 21.0. The summed E-state index contributed by atoms with van der Waals surface area (Å²) in [6.45, 7) is 6.15. The number of anilines is 1. The van der Waals surface area contributed by atoms with Crippen LogP contribution in [0, 0.1) is 5.92 Å². The molecule has 0 aliphatic carbocycles. The number of hydrogen-bond acceptors (Lipinski definition) is 6. The fourth-order valence-electron chi connectivity index (χ4n) is 3.93. The van der Waals surface area contributed by atoms with Crippen molar-refractivity contribution in [2.24, 2.45) is 5.92 Å². The summed E-state index contributed by atoms with van der Waals surface area (Å²) < 4.78 is 14.5. The lowest BCUT2D eigenvalue weighted by Gasteiger charge is -2.31. The largest absolute Gasteiger partial charge is 0.496 e. The van der Waals surface area contributed by atoms with E-state index < -0.39 is 0 Å². The van der Waals surface area contributed by atoms with E-state index in [0.29, 0.717) is 0 Å². The molecule has 0 radical (unpaired) electrons. The zero-order valence-corrected chi connectivity index (χ0v) is 19.5. The van der Waals surface area contributed by atoms with Crippen LogP contribution in [0.5, 0.6) is 5.75 Å².